The zero-order valence-corrected chi connectivity index (χ0v) is 18.7. The molecule has 2 N–H and O–H groups in total. The summed E-state index contributed by atoms with van der Waals surface area (Å²) in [5.41, 5.74) is 3.63. The van der Waals surface area contributed by atoms with E-state index in [0.29, 0.717) is 32.9 Å². The molecule has 0 aliphatic heterocycles. The molecule has 0 aliphatic carbocycles. The molecule has 0 heterocycles. The molecule has 2 aromatic carbocycles. The fraction of sp³-hybridized carbons (Fsp3) is 0.381. The van der Waals surface area contributed by atoms with Crippen LogP contribution < -0.4 is 15.4 Å². The predicted molar refractivity (Wildman–Crippen MR) is 122 cm³/mol. The van der Waals surface area contributed by atoms with E-state index in [4.69, 9.17) is 9.47 Å². The average molecular weight is 483 g/mol. The molecular weight excluding hydrogens is 453 g/mol. The second-order valence-corrected chi connectivity index (χ2v) is 5.92. The van der Waals surface area contributed by atoms with E-state index < -0.39 is 0 Å². The van der Waals surface area contributed by atoms with Gasteiger partial charge in [-0.2, -0.15) is 0 Å². The highest BCUT2D eigenvalue weighted by Gasteiger charge is 2.03. The summed E-state index contributed by atoms with van der Waals surface area (Å²) in [5, 5.41) is 6.60. The summed E-state index contributed by atoms with van der Waals surface area (Å²) in [6.45, 7) is 7.36. The van der Waals surface area contributed by atoms with Gasteiger partial charge in [-0.15, -0.1) is 24.0 Å². The van der Waals surface area contributed by atoms with Crippen LogP contribution in [0.3, 0.4) is 0 Å². The van der Waals surface area contributed by atoms with Gasteiger partial charge in [0.2, 0.25) is 0 Å². The summed E-state index contributed by atoms with van der Waals surface area (Å²) in [5.74, 6) is 1.63. The molecule has 6 heteroatoms. The summed E-state index contributed by atoms with van der Waals surface area (Å²) in [6, 6.07) is 16.3. The van der Waals surface area contributed by atoms with E-state index in [0.717, 1.165) is 11.7 Å². The Morgan fingerprint density at radius 3 is 2.37 bits per heavy atom. The largest absolute Gasteiger partial charge is 0.492 e. The first kappa shape index (κ1) is 23.2. The van der Waals surface area contributed by atoms with Crippen molar-refractivity contribution in [3.8, 4) is 5.75 Å². The highest BCUT2D eigenvalue weighted by molar-refractivity contribution is 14.0. The van der Waals surface area contributed by atoms with Gasteiger partial charge in [0.1, 0.15) is 12.4 Å². The van der Waals surface area contributed by atoms with Crippen molar-refractivity contribution in [2.24, 2.45) is 4.99 Å². The molecule has 0 atom stereocenters. The second-order valence-electron chi connectivity index (χ2n) is 5.92. The normalized spacial score (nSPS) is 10.9. The van der Waals surface area contributed by atoms with Crippen molar-refractivity contribution in [2.45, 2.75) is 27.0 Å². The molecular formula is C21H30IN3O2. The molecule has 0 radical (unpaired) electrons. The van der Waals surface area contributed by atoms with Gasteiger partial charge in [0.05, 0.1) is 13.2 Å². The molecule has 0 fully saturated rings. The van der Waals surface area contributed by atoms with Gasteiger partial charge in [0, 0.05) is 20.2 Å². The standard InChI is InChI=1S/C21H29N3O2.HI/c1-4-25-16-19-8-6-5-7-18(19)15-24-21(22-3)23-13-14-26-20-11-9-17(2)10-12-20;/h5-12H,4,13-16H2,1-3H3,(H2,22,23,24);1H. The number of hydrogen-bond acceptors (Lipinski definition) is 3. The molecule has 0 saturated carbocycles. The number of benzene rings is 2. The molecule has 2 rings (SSSR count). The topological polar surface area (TPSA) is 54.9 Å². The van der Waals surface area contributed by atoms with Gasteiger partial charge in [0.15, 0.2) is 5.96 Å². The molecule has 0 spiro atoms. The SMILES string of the molecule is CCOCc1ccccc1CNC(=NC)NCCOc1ccc(C)cc1.I. The van der Waals surface area contributed by atoms with Gasteiger partial charge in [0.25, 0.3) is 0 Å². The maximum absolute atomic E-state index is 5.72. The van der Waals surface area contributed by atoms with Crippen molar-refractivity contribution >= 4 is 29.9 Å². The maximum Gasteiger partial charge on any atom is 0.191 e. The molecule has 0 aliphatic rings. The van der Waals surface area contributed by atoms with Gasteiger partial charge >= 0.3 is 0 Å². The minimum Gasteiger partial charge on any atom is -0.492 e. The van der Waals surface area contributed by atoms with E-state index in [1.165, 1.54) is 16.7 Å². The van der Waals surface area contributed by atoms with Crippen molar-refractivity contribution in [2.75, 3.05) is 26.8 Å². The minimum atomic E-state index is 0. The van der Waals surface area contributed by atoms with E-state index in [1.54, 1.807) is 7.05 Å². The van der Waals surface area contributed by atoms with E-state index in [-0.39, 0.29) is 24.0 Å². The number of hydrogen-bond donors (Lipinski definition) is 2. The monoisotopic (exact) mass is 483 g/mol. The average Bonchev–Trinajstić information content (AvgIpc) is 2.68. The summed E-state index contributed by atoms with van der Waals surface area (Å²) in [7, 11) is 1.77. The Balaban J connectivity index is 0.00000364. The Bertz CT molecular complexity index is 690. The van der Waals surface area contributed by atoms with E-state index in [2.05, 4.69) is 34.7 Å². The quantitative estimate of drug-likeness (QED) is 0.246. The smallest absolute Gasteiger partial charge is 0.191 e. The first-order valence-corrected chi connectivity index (χ1v) is 9.01. The summed E-state index contributed by atoms with van der Waals surface area (Å²) in [4.78, 5) is 4.26. The number of aryl methyl sites for hydroxylation is 1. The van der Waals surface area contributed by atoms with Crippen LogP contribution in [-0.2, 0) is 17.9 Å². The Kier molecular flexibility index (Phi) is 11.5. The molecule has 0 bridgehead atoms. The number of halogens is 1. The van der Waals surface area contributed by atoms with Crippen molar-refractivity contribution in [1.82, 2.24) is 10.6 Å². The zero-order chi connectivity index (χ0) is 18.6. The Morgan fingerprint density at radius 2 is 1.70 bits per heavy atom. The number of aliphatic imine (C=N–C) groups is 1. The van der Waals surface area contributed by atoms with Gasteiger partial charge in [-0.05, 0) is 37.1 Å². The van der Waals surface area contributed by atoms with Crippen molar-refractivity contribution in [3.63, 3.8) is 0 Å². The van der Waals surface area contributed by atoms with Gasteiger partial charge < -0.3 is 20.1 Å². The highest BCUT2D eigenvalue weighted by Crippen LogP contribution is 2.11. The Hall–Kier alpha value is -1.80. The number of guanidine groups is 1. The fourth-order valence-electron chi connectivity index (χ4n) is 2.46. The van der Waals surface area contributed by atoms with Gasteiger partial charge in [-0.25, -0.2) is 0 Å². The third kappa shape index (κ3) is 8.62. The van der Waals surface area contributed by atoms with Crippen LogP contribution in [-0.4, -0.2) is 32.8 Å². The Morgan fingerprint density at radius 1 is 1.00 bits per heavy atom. The van der Waals surface area contributed by atoms with Crippen LogP contribution in [0.25, 0.3) is 0 Å². The first-order valence-electron chi connectivity index (χ1n) is 9.01. The van der Waals surface area contributed by atoms with Crippen LogP contribution in [0.5, 0.6) is 5.75 Å². The summed E-state index contributed by atoms with van der Waals surface area (Å²) >= 11 is 0. The minimum absolute atomic E-state index is 0. The van der Waals surface area contributed by atoms with Crippen LogP contribution in [0.1, 0.15) is 23.6 Å². The molecule has 0 unspecified atom stereocenters. The van der Waals surface area contributed by atoms with Crippen LogP contribution >= 0.6 is 24.0 Å². The molecule has 148 valence electrons. The maximum atomic E-state index is 5.72. The number of nitrogens with zero attached hydrogens (tertiary/aromatic N) is 1. The van der Waals surface area contributed by atoms with E-state index >= 15 is 0 Å². The molecule has 0 aromatic heterocycles. The zero-order valence-electron chi connectivity index (χ0n) is 16.3. The third-order valence-corrected chi connectivity index (χ3v) is 3.93. The van der Waals surface area contributed by atoms with Crippen LogP contribution in [0.15, 0.2) is 53.5 Å². The number of rotatable bonds is 9. The lowest BCUT2D eigenvalue weighted by Crippen LogP contribution is -2.39. The lowest BCUT2D eigenvalue weighted by atomic mass is 10.1. The van der Waals surface area contributed by atoms with Crippen LogP contribution in [0.2, 0.25) is 0 Å². The van der Waals surface area contributed by atoms with Crippen LogP contribution in [0.4, 0.5) is 0 Å². The number of nitrogens with one attached hydrogen (secondary N) is 2. The first-order chi connectivity index (χ1) is 12.7. The molecule has 27 heavy (non-hydrogen) atoms. The van der Waals surface area contributed by atoms with Crippen LogP contribution in [0, 0.1) is 6.92 Å². The van der Waals surface area contributed by atoms with Crippen molar-refractivity contribution < 1.29 is 9.47 Å². The second kappa shape index (κ2) is 13.4. The predicted octanol–water partition coefficient (Wildman–Crippen LogP) is 3.89. The lowest BCUT2D eigenvalue weighted by Gasteiger charge is -2.14. The third-order valence-electron chi connectivity index (χ3n) is 3.93. The van der Waals surface area contributed by atoms with E-state index in [9.17, 15) is 0 Å². The van der Waals surface area contributed by atoms with Crippen molar-refractivity contribution in [3.05, 3.63) is 65.2 Å². The lowest BCUT2D eigenvalue weighted by molar-refractivity contribution is 0.133. The Labute approximate surface area is 179 Å². The van der Waals surface area contributed by atoms with Gasteiger partial charge in [-0.1, -0.05) is 42.0 Å². The van der Waals surface area contributed by atoms with E-state index in [1.807, 2.05) is 43.3 Å². The molecule has 0 saturated heterocycles. The molecule has 5 nitrogen and oxygen atoms in total. The number of ether oxygens (including phenoxy) is 2. The summed E-state index contributed by atoms with van der Waals surface area (Å²) in [6.07, 6.45) is 0. The molecule has 0 amide bonds. The summed E-state index contributed by atoms with van der Waals surface area (Å²) < 4.78 is 11.3. The fourth-order valence-corrected chi connectivity index (χ4v) is 2.46. The van der Waals surface area contributed by atoms with Crippen molar-refractivity contribution in [1.29, 1.82) is 0 Å². The molecule has 2 aromatic rings. The highest BCUT2D eigenvalue weighted by atomic mass is 127. The van der Waals surface area contributed by atoms with Gasteiger partial charge in [-0.3, -0.25) is 4.99 Å².